The third-order valence-electron chi connectivity index (χ3n) is 3.72. The van der Waals surface area contributed by atoms with Crippen molar-refractivity contribution in [2.75, 3.05) is 19.1 Å². The first-order valence-corrected chi connectivity index (χ1v) is 7.19. The second-order valence-corrected chi connectivity index (χ2v) is 5.57. The van der Waals surface area contributed by atoms with Gasteiger partial charge in [-0.3, -0.25) is 0 Å². The maximum Gasteiger partial charge on any atom is 0.145 e. The normalized spacial score (nSPS) is 10.2. The minimum atomic E-state index is 0.478. The number of pyridine rings is 1. The molecule has 0 unspecified atom stereocenters. The first kappa shape index (κ1) is 15.8. The van der Waals surface area contributed by atoms with Crippen molar-refractivity contribution in [3.8, 4) is 11.8 Å². The van der Waals surface area contributed by atoms with Crippen LogP contribution in [0.5, 0.6) is 5.75 Å². The first-order valence-electron chi connectivity index (χ1n) is 7.19. The number of benzene rings is 1. The smallest absolute Gasteiger partial charge is 0.145 e. The van der Waals surface area contributed by atoms with E-state index in [1.807, 2.05) is 44.9 Å². The van der Waals surface area contributed by atoms with Crippen LogP contribution < -0.4 is 9.64 Å². The number of nitriles is 1. The van der Waals surface area contributed by atoms with Gasteiger partial charge >= 0.3 is 0 Å². The topological polar surface area (TPSA) is 49.1 Å². The summed E-state index contributed by atoms with van der Waals surface area (Å²) in [5, 5.41) is 9.10. The fourth-order valence-corrected chi connectivity index (χ4v) is 2.65. The Morgan fingerprint density at radius 1 is 1.14 bits per heavy atom. The number of aryl methyl sites for hydroxylation is 3. The fourth-order valence-electron chi connectivity index (χ4n) is 2.65. The Labute approximate surface area is 132 Å². The number of methoxy groups -OCH3 is 1. The predicted molar refractivity (Wildman–Crippen MR) is 88.3 cm³/mol. The number of ether oxygens (including phenoxy) is 1. The molecule has 0 N–H and O–H groups in total. The van der Waals surface area contributed by atoms with Crippen molar-refractivity contribution >= 4 is 5.82 Å². The molecule has 0 aliphatic rings. The quantitative estimate of drug-likeness (QED) is 0.866. The van der Waals surface area contributed by atoms with Gasteiger partial charge in [0.15, 0.2) is 0 Å². The van der Waals surface area contributed by atoms with Crippen molar-refractivity contribution in [1.82, 2.24) is 4.98 Å². The lowest BCUT2D eigenvalue weighted by molar-refractivity contribution is 0.408. The average Bonchev–Trinajstić information content (AvgIpc) is 2.47. The first-order chi connectivity index (χ1) is 10.5. The Morgan fingerprint density at radius 3 is 2.32 bits per heavy atom. The van der Waals surface area contributed by atoms with Crippen LogP contribution in [0.2, 0.25) is 0 Å². The van der Waals surface area contributed by atoms with Gasteiger partial charge in [-0.25, -0.2) is 4.98 Å². The van der Waals surface area contributed by atoms with E-state index >= 15 is 0 Å². The fraction of sp³-hybridized carbons (Fsp3) is 0.333. The molecule has 22 heavy (non-hydrogen) atoms. The summed E-state index contributed by atoms with van der Waals surface area (Å²) >= 11 is 0. The van der Waals surface area contributed by atoms with Crippen LogP contribution in [-0.2, 0) is 6.54 Å². The summed E-state index contributed by atoms with van der Waals surface area (Å²) in [6.07, 6.45) is 0. The van der Waals surface area contributed by atoms with E-state index in [-0.39, 0.29) is 0 Å². The van der Waals surface area contributed by atoms with Crippen molar-refractivity contribution in [2.24, 2.45) is 0 Å². The Morgan fingerprint density at radius 2 is 1.77 bits per heavy atom. The van der Waals surface area contributed by atoms with Gasteiger partial charge in [0.25, 0.3) is 0 Å². The highest BCUT2D eigenvalue weighted by Gasteiger charge is 2.10. The van der Waals surface area contributed by atoms with Crippen molar-refractivity contribution in [2.45, 2.75) is 27.3 Å². The molecule has 4 heteroatoms. The molecule has 1 aromatic carbocycles. The van der Waals surface area contributed by atoms with Gasteiger partial charge < -0.3 is 9.64 Å². The molecule has 0 bridgehead atoms. The van der Waals surface area contributed by atoms with Crippen LogP contribution in [0.4, 0.5) is 5.82 Å². The second kappa shape index (κ2) is 6.48. The highest BCUT2D eigenvalue weighted by atomic mass is 16.5. The molecule has 1 heterocycles. The largest absolute Gasteiger partial charge is 0.496 e. The molecule has 114 valence electrons. The number of rotatable bonds is 4. The molecule has 0 atom stereocenters. The Kier molecular flexibility index (Phi) is 4.67. The second-order valence-electron chi connectivity index (χ2n) is 5.57. The zero-order valence-corrected chi connectivity index (χ0v) is 13.8. The van der Waals surface area contributed by atoms with E-state index in [1.54, 1.807) is 7.11 Å². The van der Waals surface area contributed by atoms with Crippen LogP contribution in [0.1, 0.15) is 27.9 Å². The van der Waals surface area contributed by atoms with Crippen LogP contribution in [0.3, 0.4) is 0 Å². The zero-order chi connectivity index (χ0) is 16.3. The molecule has 0 saturated carbocycles. The lowest BCUT2D eigenvalue weighted by atomic mass is 10.1. The van der Waals surface area contributed by atoms with Crippen LogP contribution in [0, 0.1) is 32.1 Å². The Hall–Kier alpha value is -2.54. The van der Waals surface area contributed by atoms with Crippen LogP contribution in [0.25, 0.3) is 0 Å². The molecule has 1 aromatic heterocycles. The van der Waals surface area contributed by atoms with E-state index < -0.39 is 0 Å². The maximum atomic E-state index is 9.10. The summed E-state index contributed by atoms with van der Waals surface area (Å²) in [7, 11) is 3.68. The summed E-state index contributed by atoms with van der Waals surface area (Å²) < 4.78 is 5.40. The molecule has 0 aliphatic heterocycles. The molecular weight excluding hydrogens is 274 g/mol. The predicted octanol–water partition coefficient (Wildman–Crippen LogP) is 3.52. The number of anilines is 1. The highest BCUT2D eigenvalue weighted by molar-refractivity contribution is 5.47. The summed E-state index contributed by atoms with van der Waals surface area (Å²) in [6.45, 7) is 6.72. The molecule has 0 spiro atoms. The Bertz CT molecular complexity index is 709. The molecule has 0 fully saturated rings. The molecule has 0 saturated heterocycles. The molecule has 2 rings (SSSR count). The number of aromatic nitrogens is 1. The van der Waals surface area contributed by atoms with Crippen molar-refractivity contribution < 1.29 is 4.74 Å². The SMILES string of the molecule is COc1c(C)cc(CN(C)c2ccc(C)c(C#N)n2)cc1C. The zero-order valence-electron chi connectivity index (χ0n) is 13.8. The molecule has 4 nitrogen and oxygen atoms in total. The van der Waals surface area contributed by atoms with E-state index in [0.717, 1.165) is 34.8 Å². The van der Waals surface area contributed by atoms with Gasteiger partial charge in [0.2, 0.25) is 0 Å². The van der Waals surface area contributed by atoms with Crippen molar-refractivity contribution in [3.63, 3.8) is 0 Å². The number of hydrogen-bond acceptors (Lipinski definition) is 4. The van der Waals surface area contributed by atoms with E-state index in [2.05, 4.69) is 23.2 Å². The van der Waals surface area contributed by atoms with E-state index in [0.29, 0.717) is 5.69 Å². The number of hydrogen-bond donors (Lipinski definition) is 0. The Balaban J connectivity index is 2.26. The lowest BCUT2D eigenvalue weighted by Crippen LogP contribution is -2.18. The monoisotopic (exact) mass is 295 g/mol. The molecule has 2 aromatic rings. The molecular formula is C18H21N3O. The van der Waals surface area contributed by atoms with Gasteiger partial charge in [0.05, 0.1) is 7.11 Å². The minimum absolute atomic E-state index is 0.478. The van der Waals surface area contributed by atoms with Gasteiger partial charge in [-0.1, -0.05) is 18.2 Å². The highest BCUT2D eigenvalue weighted by Crippen LogP contribution is 2.25. The maximum absolute atomic E-state index is 9.10. The third kappa shape index (κ3) is 3.20. The van der Waals surface area contributed by atoms with Crippen molar-refractivity contribution in [1.29, 1.82) is 5.26 Å². The summed E-state index contributed by atoms with van der Waals surface area (Å²) in [6, 6.07) is 10.3. The summed E-state index contributed by atoms with van der Waals surface area (Å²) in [5.74, 6) is 1.74. The van der Waals surface area contributed by atoms with Crippen LogP contribution in [-0.4, -0.2) is 19.1 Å². The molecule has 0 aliphatic carbocycles. The molecule has 0 amide bonds. The van der Waals surface area contributed by atoms with Gasteiger partial charge in [0.1, 0.15) is 23.3 Å². The van der Waals surface area contributed by atoms with E-state index in [9.17, 15) is 0 Å². The lowest BCUT2D eigenvalue weighted by Gasteiger charge is -2.20. The molecule has 0 radical (unpaired) electrons. The van der Waals surface area contributed by atoms with E-state index in [4.69, 9.17) is 10.00 Å². The summed E-state index contributed by atoms with van der Waals surface area (Å²) in [5.41, 5.74) is 4.82. The van der Waals surface area contributed by atoms with E-state index in [1.165, 1.54) is 5.56 Å². The van der Waals surface area contributed by atoms with Crippen LogP contribution in [0.15, 0.2) is 24.3 Å². The number of nitrogens with zero attached hydrogens (tertiary/aromatic N) is 3. The third-order valence-corrected chi connectivity index (χ3v) is 3.72. The standard InChI is InChI=1S/C18H21N3O/c1-12-6-7-17(20-16(12)10-19)21(4)11-15-8-13(2)18(22-5)14(3)9-15/h6-9H,11H2,1-5H3. The minimum Gasteiger partial charge on any atom is -0.496 e. The average molecular weight is 295 g/mol. The van der Waals surface area contributed by atoms with Crippen molar-refractivity contribution in [3.05, 3.63) is 52.2 Å². The van der Waals surface area contributed by atoms with Gasteiger partial charge in [-0.2, -0.15) is 5.26 Å². The van der Waals surface area contributed by atoms with Gasteiger partial charge in [0, 0.05) is 13.6 Å². The van der Waals surface area contributed by atoms with Gasteiger partial charge in [-0.15, -0.1) is 0 Å². The van der Waals surface area contributed by atoms with Crippen LogP contribution >= 0.6 is 0 Å². The summed E-state index contributed by atoms with van der Waals surface area (Å²) in [4.78, 5) is 6.45. The van der Waals surface area contributed by atoms with Gasteiger partial charge in [-0.05, 0) is 49.1 Å².